The maximum absolute atomic E-state index is 12.7. The van der Waals surface area contributed by atoms with Gasteiger partial charge in [0, 0.05) is 18.7 Å². The molecule has 3 nitrogen and oxygen atoms in total. The topological polar surface area (TPSA) is 41.1 Å². The summed E-state index contributed by atoms with van der Waals surface area (Å²) in [6.07, 6.45) is -3.81. The predicted octanol–water partition coefficient (Wildman–Crippen LogP) is 3.09. The van der Waals surface area contributed by atoms with Crippen LogP contribution < -0.4 is 10.6 Å². The average Bonchev–Trinajstić information content (AvgIpc) is 2.26. The van der Waals surface area contributed by atoms with Crippen molar-refractivity contribution in [3.8, 4) is 0 Å². The molecule has 1 aliphatic rings. The summed E-state index contributed by atoms with van der Waals surface area (Å²) in [5.74, 6) is -0.248. The van der Waals surface area contributed by atoms with Crippen molar-refractivity contribution in [3.05, 3.63) is 29.3 Å². The molecule has 0 fully saturated rings. The van der Waals surface area contributed by atoms with Crippen molar-refractivity contribution in [3.63, 3.8) is 0 Å². The van der Waals surface area contributed by atoms with Gasteiger partial charge in [-0.25, -0.2) is 0 Å². The molecule has 0 bridgehead atoms. The minimum atomic E-state index is -4.38. The largest absolute Gasteiger partial charge is 0.416 e. The number of hydrogen-bond donors (Lipinski definition) is 2. The molecular formula is C13H15F3N2O. The van der Waals surface area contributed by atoms with Crippen molar-refractivity contribution in [2.24, 2.45) is 0 Å². The first-order valence-electron chi connectivity index (χ1n) is 6.02. The summed E-state index contributed by atoms with van der Waals surface area (Å²) in [5, 5.41) is 5.82. The summed E-state index contributed by atoms with van der Waals surface area (Å²) >= 11 is 0. The lowest BCUT2D eigenvalue weighted by Crippen LogP contribution is -2.35. The predicted molar refractivity (Wildman–Crippen MR) is 65.7 cm³/mol. The second-order valence-electron chi connectivity index (χ2n) is 4.83. The minimum absolute atomic E-state index is 0.0982. The molecule has 6 heteroatoms. The maximum Gasteiger partial charge on any atom is 0.416 e. The third-order valence-electron chi connectivity index (χ3n) is 3.12. The molecule has 19 heavy (non-hydrogen) atoms. The van der Waals surface area contributed by atoms with E-state index in [-0.39, 0.29) is 18.0 Å². The van der Waals surface area contributed by atoms with E-state index in [9.17, 15) is 18.0 Å². The molecule has 1 amide bonds. The highest BCUT2D eigenvalue weighted by Gasteiger charge is 2.33. The van der Waals surface area contributed by atoms with Crippen LogP contribution in [0.5, 0.6) is 0 Å². The molecular weight excluding hydrogens is 257 g/mol. The van der Waals surface area contributed by atoms with Crippen molar-refractivity contribution in [1.82, 2.24) is 5.32 Å². The number of hydrogen-bond acceptors (Lipinski definition) is 2. The molecule has 1 aliphatic heterocycles. The van der Waals surface area contributed by atoms with Crippen molar-refractivity contribution >= 4 is 11.6 Å². The molecule has 2 rings (SSSR count). The van der Waals surface area contributed by atoms with Crippen LogP contribution in [-0.4, -0.2) is 11.9 Å². The number of anilines is 1. The Labute approximate surface area is 109 Å². The highest BCUT2D eigenvalue weighted by Crippen LogP contribution is 2.37. The molecule has 2 unspecified atom stereocenters. The molecule has 0 aromatic heterocycles. The maximum atomic E-state index is 12.7. The van der Waals surface area contributed by atoms with E-state index in [2.05, 4.69) is 10.6 Å². The van der Waals surface area contributed by atoms with Gasteiger partial charge in [0.2, 0.25) is 5.91 Å². The van der Waals surface area contributed by atoms with Crippen molar-refractivity contribution < 1.29 is 18.0 Å². The molecule has 0 radical (unpaired) electrons. The van der Waals surface area contributed by atoms with Gasteiger partial charge in [-0.3, -0.25) is 4.79 Å². The van der Waals surface area contributed by atoms with Gasteiger partial charge in [0.1, 0.15) is 0 Å². The Morgan fingerprint density at radius 1 is 1.42 bits per heavy atom. The van der Waals surface area contributed by atoms with Crippen molar-refractivity contribution in [2.45, 2.75) is 38.5 Å². The lowest BCUT2D eigenvalue weighted by Gasteiger charge is -2.32. The van der Waals surface area contributed by atoms with Crippen LogP contribution in [-0.2, 0) is 11.0 Å². The van der Waals surface area contributed by atoms with E-state index >= 15 is 0 Å². The van der Waals surface area contributed by atoms with E-state index in [4.69, 9.17) is 0 Å². The number of rotatable bonds is 1. The molecule has 0 aliphatic carbocycles. The summed E-state index contributed by atoms with van der Waals surface area (Å²) in [4.78, 5) is 11.2. The highest BCUT2D eigenvalue weighted by atomic mass is 19.4. The van der Waals surface area contributed by atoms with Gasteiger partial charge < -0.3 is 10.6 Å². The number of fused-ring (bicyclic) bond motifs is 1. The molecule has 2 N–H and O–H groups in total. The lowest BCUT2D eigenvalue weighted by atomic mass is 9.92. The van der Waals surface area contributed by atoms with E-state index < -0.39 is 11.7 Å². The van der Waals surface area contributed by atoms with Gasteiger partial charge >= 0.3 is 6.18 Å². The quantitative estimate of drug-likeness (QED) is 0.825. The first kappa shape index (κ1) is 13.7. The molecule has 0 saturated carbocycles. The Hall–Kier alpha value is -1.72. The van der Waals surface area contributed by atoms with E-state index in [0.717, 1.165) is 12.1 Å². The number of amides is 1. The molecule has 0 saturated heterocycles. The zero-order valence-corrected chi connectivity index (χ0v) is 10.6. The first-order valence-corrected chi connectivity index (χ1v) is 6.02. The molecule has 2 atom stereocenters. The van der Waals surface area contributed by atoms with Crippen LogP contribution in [0.3, 0.4) is 0 Å². The smallest absolute Gasteiger partial charge is 0.382 e. The monoisotopic (exact) mass is 272 g/mol. The fourth-order valence-electron chi connectivity index (χ4n) is 2.35. The van der Waals surface area contributed by atoms with Gasteiger partial charge in [-0.15, -0.1) is 0 Å². The number of halogens is 3. The summed E-state index contributed by atoms with van der Waals surface area (Å²) in [5.41, 5.74) is 0.437. The lowest BCUT2D eigenvalue weighted by molar-refractivity contribution is -0.137. The third kappa shape index (κ3) is 3.00. The molecule has 1 aromatic rings. The highest BCUT2D eigenvalue weighted by molar-refractivity contribution is 5.74. The molecule has 1 heterocycles. The first-order chi connectivity index (χ1) is 8.77. The van der Waals surface area contributed by atoms with Crippen LogP contribution in [0.4, 0.5) is 18.9 Å². The number of carbonyl (C=O) groups excluding carboxylic acids is 1. The Kier molecular flexibility index (Phi) is 3.43. The normalized spacial score (nSPS) is 22.4. The molecule has 104 valence electrons. The molecule has 0 spiro atoms. The summed E-state index contributed by atoms with van der Waals surface area (Å²) in [6.45, 7) is 3.29. The van der Waals surface area contributed by atoms with E-state index in [0.29, 0.717) is 17.7 Å². The van der Waals surface area contributed by atoms with Crippen LogP contribution in [0.25, 0.3) is 0 Å². The van der Waals surface area contributed by atoms with Crippen LogP contribution in [0.15, 0.2) is 18.2 Å². The third-order valence-corrected chi connectivity index (χ3v) is 3.12. The van der Waals surface area contributed by atoms with Gasteiger partial charge in [-0.05, 0) is 37.1 Å². The Morgan fingerprint density at radius 3 is 2.68 bits per heavy atom. The Morgan fingerprint density at radius 2 is 2.11 bits per heavy atom. The summed E-state index contributed by atoms with van der Waals surface area (Å²) in [6, 6.07) is 3.29. The SMILES string of the molecule is CC(=O)NC1CC(C)Nc2ccc(C(F)(F)F)cc21. The average molecular weight is 272 g/mol. The van der Waals surface area contributed by atoms with Gasteiger partial charge in [0.25, 0.3) is 0 Å². The Bertz CT molecular complexity index is 499. The summed E-state index contributed by atoms with van der Waals surface area (Å²) in [7, 11) is 0. The van der Waals surface area contributed by atoms with E-state index in [1.807, 2.05) is 6.92 Å². The van der Waals surface area contributed by atoms with Gasteiger partial charge in [-0.1, -0.05) is 0 Å². The second-order valence-corrected chi connectivity index (χ2v) is 4.83. The number of carbonyl (C=O) groups is 1. The second kappa shape index (κ2) is 4.75. The van der Waals surface area contributed by atoms with Crippen molar-refractivity contribution in [2.75, 3.05) is 5.32 Å². The zero-order valence-electron chi connectivity index (χ0n) is 10.6. The number of benzene rings is 1. The van der Waals surface area contributed by atoms with Crippen molar-refractivity contribution in [1.29, 1.82) is 0 Å². The zero-order chi connectivity index (χ0) is 14.2. The Balaban J connectivity index is 2.41. The summed E-state index contributed by atoms with van der Waals surface area (Å²) < 4.78 is 38.1. The minimum Gasteiger partial charge on any atom is -0.382 e. The van der Waals surface area contributed by atoms with Crippen LogP contribution in [0.2, 0.25) is 0 Å². The van der Waals surface area contributed by atoms with Crippen LogP contribution in [0.1, 0.15) is 37.4 Å². The fraction of sp³-hybridized carbons (Fsp3) is 0.462. The van der Waals surface area contributed by atoms with E-state index in [1.54, 1.807) is 0 Å². The van der Waals surface area contributed by atoms with E-state index in [1.165, 1.54) is 13.0 Å². The van der Waals surface area contributed by atoms with Crippen LogP contribution >= 0.6 is 0 Å². The van der Waals surface area contributed by atoms with Gasteiger partial charge in [0.15, 0.2) is 0 Å². The van der Waals surface area contributed by atoms with Gasteiger partial charge in [0.05, 0.1) is 11.6 Å². The molecule has 1 aromatic carbocycles. The van der Waals surface area contributed by atoms with Crippen LogP contribution in [0, 0.1) is 0 Å². The standard InChI is InChI=1S/C13H15F3N2O/c1-7-5-12(18-8(2)19)10-6-9(13(14,15)16)3-4-11(10)17-7/h3-4,6-7,12,17H,5H2,1-2H3,(H,18,19). The number of nitrogens with one attached hydrogen (secondary N) is 2. The fourth-order valence-corrected chi connectivity index (χ4v) is 2.35. The number of alkyl halides is 3. The van der Waals surface area contributed by atoms with Gasteiger partial charge in [-0.2, -0.15) is 13.2 Å².